The summed E-state index contributed by atoms with van der Waals surface area (Å²) in [6.07, 6.45) is -4.14. The maximum absolute atomic E-state index is 11.9. The lowest BCUT2D eigenvalue weighted by Crippen LogP contribution is -2.17. The van der Waals surface area contributed by atoms with Gasteiger partial charge < -0.3 is 9.84 Å². The molecule has 0 saturated heterocycles. The highest BCUT2D eigenvalue weighted by Crippen LogP contribution is 2.16. The molecule has 1 heterocycles. The van der Waals surface area contributed by atoms with Gasteiger partial charge in [0.25, 0.3) is 0 Å². The van der Waals surface area contributed by atoms with Crippen molar-refractivity contribution in [2.75, 3.05) is 6.61 Å². The van der Waals surface area contributed by atoms with Gasteiger partial charge in [-0.3, -0.25) is 4.79 Å². The van der Waals surface area contributed by atoms with Crippen LogP contribution in [0.1, 0.15) is 29.2 Å². The van der Waals surface area contributed by atoms with Crippen molar-refractivity contribution in [3.8, 4) is 0 Å². The van der Waals surface area contributed by atoms with Crippen molar-refractivity contribution in [1.82, 2.24) is 9.97 Å². The zero-order valence-electron chi connectivity index (χ0n) is 11.1. The number of carboxylic acids is 1. The van der Waals surface area contributed by atoms with Crippen LogP contribution in [0.2, 0.25) is 0 Å². The van der Waals surface area contributed by atoms with E-state index in [-0.39, 0.29) is 25.3 Å². The Kier molecular flexibility index (Phi) is 5.43. The molecule has 8 heteroatoms. The summed E-state index contributed by atoms with van der Waals surface area (Å²) in [5, 5.41) is 8.64. The first-order chi connectivity index (χ1) is 9.19. The highest BCUT2D eigenvalue weighted by atomic mass is 19.4. The molecule has 0 amide bonds. The third-order valence-corrected chi connectivity index (χ3v) is 2.55. The van der Waals surface area contributed by atoms with E-state index < -0.39 is 18.8 Å². The molecule has 0 atom stereocenters. The average Bonchev–Trinajstić information content (AvgIpc) is 2.25. The number of carbonyl (C=O) groups is 1. The molecule has 1 N–H and O–H groups in total. The molecule has 0 unspecified atom stereocenters. The summed E-state index contributed by atoms with van der Waals surface area (Å²) < 4.78 is 40.3. The fraction of sp³-hybridized carbons (Fsp3) is 0.583. The van der Waals surface area contributed by atoms with Gasteiger partial charge in [-0.1, -0.05) is 0 Å². The molecule has 0 fully saturated rings. The Labute approximate surface area is 113 Å². The van der Waals surface area contributed by atoms with Gasteiger partial charge in [-0.05, 0) is 25.8 Å². The molecule has 1 aromatic rings. The van der Waals surface area contributed by atoms with Gasteiger partial charge in [-0.15, -0.1) is 0 Å². The molecule has 0 aliphatic rings. The lowest BCUT2D eigenvalue weighted by molar-refractivity contribution is -0.177. The second kappa shape index (κ2) is 6.65. The molecule has 1 aromatic heterocycles. The predicted octanol–water partition coefficient (Wildman–Crippen LogP) is 2.19. The van der Waals surface area contributed by atoms with E-state index in [9.17, 15) is 18.0 Å². The number of hydrogen-bond donors (Lipinski definition) is 1. The van der Waals surface area contributed by atoms with E-state index in [1.807, 2.05) is 0 Å². The summed E-state index contributed by atoms with van der Waals surface area (Å²) in [6, 6.07) is 0. The zero-order valence-corrected chi connectivity index (χ0v) is 11.1. The van der Waals surface area contributed by atoms with Crippen LogP contribution in [0, 0.1) is 13.8 Å². The average molecular weight is 292 g/mol. The van der Waals surface area contributed by atoms with E-state index in [1.54, 1.807) is 13.8 Å². The third kappa shape index (κ3) is 5.52. The Bertz CT molecular complexity index is 466. The van der Waals surface area contributed by atoms with Crippen molar-refractivity contribution >= 4 is 5.97 Å². The van der Waals surface area contributed by atoms with Crippen LogP contribution >= 0.6 is 0 Å². The minimum Gasteiger partial charge on any atom is -0.481 e. The molecule has 0 saturated carbocycles. The van der Waals surface area contributed by atoms with Gasteiger partial charge in [0.2, 0.25) is 0 Å². The summed E-state index contributed by atoms with van der Waals surface area (Å²) in [5.74, 6) is -0.773. The van der Waals surface area contributed by atoms with E-state index >= 15 is 0 Å². The normalized spacial score (nSPS) is 11.7. The molecular formula is C12H15F3N2O3. The Balaban J connectivity index is 2.70. The molecule has 0 spiro atoms. The smallest absolute Gasteiger partial charge is 0.411 e. The summed E-state index contributed by atoms with van der Waals surface area (Å²) in [5.41, 5.74) is 1.82. The SMILES string of the molecule is Cc1nc(COCC(F)(F)F)nc(C)c1CCC(=O)O. The third-order valence-electron chi connectivity index (χ3n) is 2.55. The topological polar surface area (TPSA) is 72.3 Å². The lowest BCUT2D eigenvalue weighted by Gasteiger charge is -2.11. The zero-order chi connectivity index (χ0) is 15.3. The molecule has 0 aliphatic heterocycles. The Morgan fingerprint density at radius 2 is 1.80 bits per heavy atom. The van der Waals surface area contributed by atoms with Gasteiger partial charge in [0.05, 0.1) is 0 Å². The van der Waals surface area contributed by atoms with Crippen LogP contribution in [-0.4, -0.2) is 33.8 Å². The van der Waals surface area contributed by atoms with Crippen LogP contribution in [0.25, 0.3) is 0 Å². The Morgan fingerprint density at radius 3 is 2.25 bits per heavy atom. The molecule has 0 aliphatic carbocycles. The number of aromatic nitrogens is 2. The van der Waals surface area contributed by atoms with Crippen molar-refractivity contribution in [3.63, 3.8) is 0 Å². The number of nitrogens with zero attached hydrogens (tertiary/aromatic N) is 2. The number of aliphatic carboxylic acids is 1. The fourth-order valence-corrected chi connectivity index (χ4v) is 1.73. The van der Waals surface area contributed by atoms with Gasteiger partial charge in [0, 0.05) is 17.8 Å². The fourth-order valence-electron chi connectivity index (χ4n) is 1.73. The molecule has 0 aromatic carbocycles. The van der Waals surface area contributed by atoms with Crippen molar-refractivity contribution in [3.05, 3.63) is 22.8 Å². The van der Waals surface area contributed by atoms with E-state index in [2.05, 4.69) is 14.7 Å². The Morgan fingerprint density at radius 1 is 1.25 bits per heavy atom. The van der Waals surface area contributed by atoms with Gasteiger partial charge in [-0.25, -0.2) is 9.97 Å². The maximum atomic E-state index is 11.9. The van der Waals surface area contributed by atoms with Crippen molar-refractivity contribution in [1.29, 1.82) is 0 Å². The van der Waals surface area contributed by atoms with Crippen LogP contribution in [0.15, 0.2) is 0 Å². The van der Waals surface area contributed by atoms with Crippen molar-refractivity contribution in [2.45, 2.75) is 39.5 Å². The summed E-state index contributed by atoms with van der Waals surface area (Å²) in [7, 11) is 0. The molecule has 1 rings (SSSR count). The lowest BCUT2D eigenvalue weighted by atomic mass is 10.1. The monoisotopic (exact) mass is 292 g/mol. The van der Waals surface area contributed by atoms with Crippen LogP contribution in [0.5, 0.6) is 0 Å². The quantitative estimate of drug-likeness (QED) is 0.870. The minimum atomic E-state index is -4.38. The first kappa shape index (κ1) is 16.4. The Hall–Kier alpha value is -1.70. The van der Waals surface area contributed by atoms with Crippen LogP contribution in [0.4, 0.5) is 13.2 Å². The van der Waals surface area contributed by atoms with Crippen molar-refractivity contribution in [2.24, 2.45) is 0 Å². The van der Waals surface area contributed by atoms with Crippen molar-refractivity contribution < 1.29 is 27.8 Å². The number of aryl methyl sites for hydroxylation is 2. The van der Waals surface area contributed by atoms with Gasteiger partial charge in [-0.2, -0.15) is 13.2 Å². The number of alkyl halides is 3. The molecule has 0 bridgehead atoms. The second-order valence-electron chi connectivity index (χ2n) is 4.29. The van der Waals surface area contributed by atoms with E-state index in [0.29, 0.717) is 17.0 Å². The first-order valence-electron chi connectivity index (χ1n) is 5.88. The minimum absolute atomic E-state index is 0.0467. The van der Waals surface area contributed by atoms with Gasteiger partial charge in [0.15, 0.2) is 5.82 Å². The highest BCUT2D eigenvalue weighted by Gasteiger charge is 2.27. The van der Waals surface area contributed by atoms with E-state index in [1.165, 1.54) is 0 Å². The number of rotatable bonds is 6. The number of halogens is 3. The van der Waals surface area contributed by atoms with Crippen LogP contribution < -0.4 is 0 Å². The molecule has 112 valence electrons. The number of carboxylic acid groups (broad SMARTS) is 1. The molecular weight excluding hydrogens is 277 g/mol. The summed E-state index contributed by atoms with van der Waals surface area (Å²) in [4.78, 5) is 18.6. The first-order valence-corrected chi connectivity index (χ1v) is 5.88. The largest absolute Gasteiger partial charge is 0.481 e. The standard InChI is InChI=1S/C12H15F3N2O3/c1-7-9(3-4-11(18)19)8(2)17-10(16-7)5-20-6-12(13,14)15/h3-6H2,1-2H3,(H,18,19). The van der Waals surface area contributed by atoms with Gasteiger partial charge >= 0.3 is 12.1 Å². The van der Waals surface area contributed by atoms with Gasteiger partial charge in [0.1, 0.15) is 13.2 Å². The molecule has 5 nitrogen and oxygen atoms in total. The number of ether oxygens (including phenoxy) is 1. The molecule has 20 heavy (non-hydrogen) atoms. The van der Waals surface area contributed by atoms with E-state index in [0.717, 1.165) is 0 Å². The predicted molar refractivity (Wildman–Crippen MR) is 63.2 cm³/mol. The summed E-state index contributed by atoms with van der Waals surface area (Å²) in [6.45, 7) is 1.65. The maximum Gasteiger partial charge on any atom is 0.411 e. The van der Waals surface area contributed by atoms with E-state index in [4.69, 9.17) is 5.11 Å². The van der Waals surface area contributed by atoms with Crippen LogP contribution in [0.3, 0.4) is 0 Å². The van der Waals surface area contributed by atoms with Crippen LogP contribution in [-0.2, 0) is 22.6 Å². The second-order valence-corrected chi connectivity index (χ2v) is 4.29. The highest BCUT2D eigenvalue weighted by molar-refractivity contribution is 5.67. The summed E-state index contributed by atoms with van der Waals surface area (Å²) >= 11 is 0. The number of hydrogen-bond acceptors (Lipinski definition) is 4. The molecule has 0 radical (unpaired) electrons.